The molecule has 1 aromatic rings. The molecule has 0 spiro atoms. The van der Waals surface area contributed by atoms with Crippen molar-refractivity contribution >= 4 is 17.3 Å². The van der Waals surface area contributed by atoms with Gasteiger partial charge in [0.1, 0.15) is 0 Å². The topological polar surface area (TPSA) is 41.3 Å². The zero-order valence-corrected chi connectivity index (χ0v) is 9.05. The molecule has 14 heavy (non-hydrogen) atoms. The van der Waals surface area contributed by atoms with E-state index in [4.69, 9.17) is 18.0 Å². The third-order valence-electron chi connectivity index (χ3n) is 1.87. The first kappa shape index (κ1) is 10.9. The molecule has 0 atom stereocenters. The molecule has 1 rings (SSSR count). The zero-order valence-electron chi connectivity index (χ0n) is 8.23. The summed E-state index contributed by atoms with van der Waals surface area (Å²) < 4.78 is 0. The Labute approximate surface area is 89.9 Å². The Morgan fingerprint density at radius 1 is 1.43 bits per heavy atom. The normalized spacial score (nSPS) is 10.1. The maximum atomic E-state index is 5.40. The van der Waals surface area contributed by atoms with E-state index in [2.05, 4.69) is 17.6 Å². The first-order chi connectivity index (χ1) is 6.72. The molecule has 76 valence electrons. The van der Waals surface area contributed by atoms with Gasteiger partial charge < -0.3 is 5.73 Å². The molecule has 0 fully saturated rings. The molecule has 0 amide bonds. The molecule has 0 heterocycles. The van der Waals surface area contributed by atoms with E-state index < -0.39 is 0 Å². The van der Waals surface area contributed by atoms with Gasteiger partial charge in [-0.05, 0) is 17.8 Å². The van der Waals surface area contributed by atoms with E-state index in [1.54, 1.807) is 0 Å². The van der Waals surface area contributed by atoms with Gasteiger partial charge in [0.15, 0.2) is 5.11 Å². The second-order valence-corrected chi connectivity index (χ2v) is 3.42. The van der Waals surface area contributed by atoms with Crippen LogP contribution >= 0.6 is 12.2 Å². The average Bonchev–Trinajstić information content (AvgIpc) is 2.17. The molecule has 1 aromatic carbocycles. The van der Waals surface area contributed by atoms with Gasteiger partial charge in [0.25, 0.3) is 0 Å². The molecule has 3 N–H and O–H groups in total. The summed E-state index contributed by atoms with van der Waals surface area (Å²) in [5, 5.41) is 2.28. The van der Waals surface area contributed by atoms with Crippen LogP contribution in [0.25, 0.3) is 0 Å². The minimum Gasteiger partial charge on any atom is -0.375 e. The van der Waals surface area contributed by atoms with E-state index in [1.165, 1.54) is 5.56 Å². The van der Waals surface area contributed by atoms with Crippen LogP contribution in [0.1, 0.15) is 12.5 Å². The number of rotatable bonds is 4. The van der Waals surface area contributed by atoms with Gasteiger partial charge in [-0.2, -0.15) is 0 Å². The molecule has 0 unspecified atom stereocenters. The van der Waals surface area contributed by atoms with Crippen LogP contribution in [0.15, 0.2) is 30.3 Å². The predicted octanol–water partition coefficient (Wildman–Crippen LogP) is 1.26. The molecular weight excluding hydrogens is 194 g/mol. The second-order valence-electron chi connectivity index (χ2n) is 2.98. The average molecular weight is 209 g/mol. The molecule has 0 saturated carbocycles. The van der Waals surface area contributed by atoms with Gasteiger partial charge in [-0.3, -0.25) is 5.43 Å². The maximum Gasteiger partial charge on any atom is 0.178 e. The molecule has 3 nitrogen and oxygen atoms in total. The number of nitrogens with one attached hydrogen (secondary N) is 1. The number of nitrogens with two attached hydrogens (primary N) is 1. The van der Waals surface area contributed by atoms with Crippen LogP contribution in [0.4, 0.5) is 0 Å². The van der Waals surface area contributed by atoms with Crippen molar-refractivity contribution in [1.82, 2.24) is 10.4 Å². The minimum atomic E-state index is 0.308. The minimum absolute atomic E-state index is 0.308. The Morgan fingerprint density at radius 3 is 2.57 bits per heavy atom. The highest BCUT2D eigenvalue weighted by Gasteiger charge is 2.02. The number of hydrogen-bond acceptors (Lipinski definition) is 2. The summed E-state index contributed by atoms with van der Waals surface area (Å²) in [4.78, 5) is 0. The van der Waals surface area contributed by atoms with Crippen molar-refractivity contribution in [3.05, 3.63) is 35.9 Å². The van der Waals surface area contributed by atoms with Crippen LogP contribution in [-0.2, 0) is 6.54 Å². The lowest BCUT2D eigenvalue weighted by molar-refractivity contribution is 0.240. The fourth-order valence-electron chi connectivity index (χ4n) is 1.19. The number of nitrogens with zero attached hydrogens (tertiary/aromatic N) is 1. The molecular formula is C10H15N3S. The Morgan fingerprint density at radius 2 is 2.07 bits per heavy atom. The van der Waals surface area contributed by atoms with Crippen LogP contribution in [0.5, 0.6) is 0 Å². The third-order valence-corrected chi connectivity index (χ3v) is 1.96. The standard InChI is InChI=1S/C10H15N3S/c1-2-13(12-10(11)14)8-9-6-4-3-5-7-9/h3-7H,2,8H2,1H3,(H3,11,12,14). The fraction of sp³-hybridized carbons (Fsp3) is 0.300. The van der Waals surface area contributed by atoms with E-state index in [0.29, 0.717) is 5.11 Å². The van der Waals surface area contributed by atoms with Gasteiger partial charge in [-0.15, -0.1) is 0 Å². The van der Waals surface area contributed by atoms with Crippen LogP contribution in [0, 0.1) is 0 Å². The molecule has 0 aliphatic rings. The molecule has 0 aromatic heterocycles. The Bertz CT molecular complexity index is 287. The van der Waals surface area contributed by atoms with Crippen LogP contribution in [-0.4, -0.2) is 16.7 Å². The molecule has 0 aliphatic carbocycles. The summed E-state index contributed by atoms with van der Waals surface area (Å²) in [7, 11) is 0. The lowest BCUT2D eigenvalue weighted by atomic mass is 10.2. The maximum absolute atomic E-state index is 5.40. The van der Waals surface area contributed by atoms with E-state index in [0.717, 1.165) is 13.1 Å². The highest BCUT2D eigenvalue weighted by Crippen LogP contribution is 2.01. The van der Waals surface area contributed by atoms with Crippen LogP contribution in [0.3, 0.4) is 0 Å². The van der Waals surface area contributed by atoms with Crippen molar-refractivity contribution in [2.45, 2.75) is 13.5 Å². The fourth-order valence-corrected chi connectivity index (χ4v) is 1.32. The summed E-state index contributed by atoms with van der Waals surface area (Å²) in [5.41, 5.74) is 9.56. The number of hydrazine groups is 1. The Balaban J connectivity index is 2.53. The predicted molar refractivity (Wildman–Crippen MR) is 62.4 cm³/mol. The van der Waals surface area contributed by atoms with Crippen molar-refractivity contribution in [1.29, 1.82) is 0 Å². The molecule has 0 saturated heterocycles. The quantitative estimate of drug-likeness (QED) is 0.578. The molecule has 0 radical (unpaired) electrons. The van der Waals surface area contributed by atoms with Gasteiger partial charge in [0.05, 0.1) is 0 Å². The highest BCUT2D eigenvalue weighted by atomic mass is 32.1. The van der Waals surface area contributed by atoms with Crippen molar-refractivity contribution in [2.24, 2.45) is 5.73 Å². The van der Waals surface area contributed by atoms with Gasteiger partial charge in [-0.25, -0.2) is 5.01 Å². The summed E-state index contributed by atoms with van der Waals surface area (Å²) in [6.07, 6.45) is 0. The van der Waals surface area contributed by atoms with E-state index in [9.17, 15) is 0 Å². The smallest absolute Gasteiger partial charge is 0.178 e. The summed E-state index contributed by atoms with van der Waals surface area (Å²) in [5.74, 6) is 0. The van der Waals surface area contributed by atoms with E-state index in [1.807, 2.05) is 30.1 Å². The van der Waals surface area contributed by atoms with Gasteiger partial charge in [0.2, 0.25) is 0 Å². The molecule has 4 heteroatoms. The zero-order chi connectivity index (χ0) is 10.4. The van der Waals surface area contributed by atoms with E-state index >= 15 is 0 Å². The Hall–Kier alpha value is -1.13. The van der Waals surface area contributed by atoms with Gasteiger partial charge in [0, 0.05) is 13.1 Å². The Kier molecular flexibility index (Phi) is 4.35. The lowest BCUT2D eigenvalue weighted by Crippen LogP contribution is -2.44. The van der Waals surface area contributed by atoms with Crippen molar-refractivity contribution in [3.8, 4) is 0 Å². The number of hydrogen-bond donors (Lipinski definition) is 2. The summed E-state index contributed by atoms with van der Waals surface area (Å²) in [6.45, 7) is 3.70. The molecule has 0 bridgehead atoms. The third kappa shape index (κ3) is 3.72. The summed E-state index contributed by atoms with van der Waals surface area (Å²) >= 11 is 4.78. The highest BCUT2D eigenvalue weighted by molar-refractivity contribution is 7.80. The van der Waals surface area contributed by atoms with Crippen molar-refractivity contribution in [2.75, 3.05) is 6.54 Å². The van der Waals surface area contributed by atoms with Crippen molar-refractivity contribution in [3.63, 3.8) is 0 Å². The molecule has 0 aliphatic heterocycles. The first-order valence-electron chi connectivity index (χ1n) is 4.57. The largest absolute Gasteiger partial charge is 0.375 e. The van der Waals surface area contributed by atoms with E-state index in [-0.39, 0.29) is 0 Å². The van der Waals surface area contributed by atoms with Crippen LogP contribution < -0.4 is 11.2 Å². The van der Waals surface area contributed by atoms with Gasteiger partial charge in [-0.1, -0.05) is 37.3 Å². The number of thiocarbonyl (C=S) groups is 1. The monoisotopic (exact) mass is 209 g/mol. The first-order valence-corrected chi connectivity index (χ1v) is 4.98. The van der Waals surface area contributed by atoms with Crippen molar-refractivity contribution < 1.29 is 0 Å². The number of benzene rings is 1. The van der Waals surface area contributed by atoms with Gasteiger partial charge >= 0.3 is 0 Å². The summed E-state index contributed by atoms with van der Waals surface area (Å²) in [6, 6.07) is 10.2. The van der Waals surface area contributed by atoms with Crippen LogP contribution in [0.2, 0.25) is 0 Å². The second kappa shape index (κ2) is 5.57. The SMILES string of the molecule is CCN(Cc1ccccc1)NC(N)=S. The lowest BCUT2D eigenvalue weighted by Gasteiger charge is -2.21.